The molecule has 7 heteroatoms. The third-order valence-electron chi connectivity index (χ3n) is 4.82. The Kier molecular flexibility index (Phi) is 5.01. The molecule has 0 bridgehead atoms. The maximum absolute atomic E-state index is 13.0. The van der Waals surface area contributed by atoms with Crippen LogP contribution >= 0.6 is 0 Å². The Morgan fingerprint density at radius 3 is 2.54 bits per heavy atom. The lowest BCUT2D eigenvalue weighted by molar-refractivity contribution is -0.387. The number of nitro benzene ring substituents is 1. The lowest BCUT2D eigenvalue weighted by atomic mass is 9.93. The first kappa shape index (κ1) is 17.1. The van der Waals surface area contributed by atoms with Crippen LogP contribution in [0, 0.1) is 10.1 Å². The Morgan fingerprint density at radius 1 is 1.12 bits per heavy atom. The van der Waals surface area contributed by atoms with Crippen LogP contribution in [-0.4, -0.2) is 30.2 Å². The molecule has 2 aliphatic rings. The Labute approximate surface area is 142 Å². The van der Waals surface area contributed by atoms with Gasteiger partial charge >= 0.3 is 0 Å². The number of sulfonamides is 1. The highest BCUT2D eigenvalue weighted by Gasteiger charge is 2.37. The summed E-state index contributed by atoms with van der Waals surface area (Å²) in [5.41, 5.74) is 0.976. The number of para-hydroxylation sites is 1. The van der Waals surface area contributed by atoms with Gasteiger partial charge in [-0.05, 0) is 44.6 Å². The number of rotatable bonds is 4. The molecule has 1 aromatic rings. The second-order valence-electron chi connectivity index (χ2n) is 6.44. The fourth-order valence-corrected chi connectivity index (χ4v) is 5.43. The van der Waals surface area contributed by atoms with Crippen LogP contribution in [-0.2, 0) is 10.0 Å². The summed E-state index contributed by atoms with van der Waals surface area (Å²) in [6.45, 7) is 0.419. The summed E-state index contributed by atoms with van der Waals surface area (Å²) >= 11 is 0. The molecule has 0 N–H and O–H groups in total. The van der Waals surface area contributed by atoms with Crippen molar-refractivity contribution in [3.8, 4) is 0 Å². The number of nitro groups is 1. The average molecular weight is 350 g/mol. The summed E-state index contributed by atoms with van der Waals surface area (Å²) in [6.07, 6.45) is 9.30. The molecule has 1 atom stereocenters. The van der Waals surface area contributed by atoms with Gasteiger partial charge in [-0.15, -0.1) is 0 Å². The van der Waals surface area contributed by atoms with Crippen molar-refractivity contribution < 1.29 is 13.3 Å². The summed E-state index contributed by atoms with van der Waals surface area (Å²) in [7, 11) is -3.87. The molecule has 1 saturated carbocycles. The van der Waals surface area contributed by atoms with Gasteiger partial charge < -0.3 is 0 Å². The molecule has 1 aliphatic heterocycles. The summed E-state index contributed by atoms with van der Waals surface area (Å²) < 4.78 is 27.4. The van der Waals surface area contributed by atoms with E-state index in [0.29, 0.717) is 6.54 Å². The number of hydrogen-bond donors (Lipinski definition) is 0. The van der Waals surface area contributed by atoms with E-state index in [0.717, 1.165) is 38.5 Å². The zero-order chi connectivity index (χ0) is 17.2. The van der Waals surface area contributed by atoms with Gasteiger partial charge in [0, 0.05) is 18.7 Å². The first-order valence-electron chi connectivity index (χ1n) is 8.45. The quantitative estimate of drug-likeness (QED) is 0.472. The van der Waals surface area contributed by atoms with Gasteiger partial charge in [0.05, 0.1) is 4.92 Å². The van der Waals surface area contributed by atoms with Crippen molar-refractivity contribution in [2.45, 2.75) is 55.9 Å². The molecule has 1 unspecified atom stereocenters. The molecule has 0 amide bonds. The highest BCUT2D eigenvalue weighted by molar-refractivity contribution is 7.89. The Morgan fingerprint density at radius 2 is 1.83 bits per heavy atom. The van der Waals surface area contributed by atoms with Gasteiger partial charge in [0.2, 0.25) is 10.0 Å². The van der Waals surface area contributed by atoms with E-state index >= 15 is 0 Å². The second kappa shape index (κ2) is 7.03. The summed E-state index contributed by atoms with van der Waals surface area (Å²) in [5.74, 6) is 0. The standard InChI is InChI=1S/C17H22N2O4S/c20-19(21)16-10-4-5-11-17(16)24(22,23)18-12-6-9-15(18)13-14-7-2-1-3-8-14/h4-5,10-11,13,15H,1-3,6-9,12H2. The van der Waals surface area contributed by atoms with E-state index in [2.05, 4.69) is 6.08 Å². The molecule has 2 fully saturated rings. The summed E-state index contributed by atoms with van der Waals surface area (Å²) in [4.78, 5) is 10.4. The normalized spacial score (nSPS) is 22.5. The molecular weight excluding hydrogens is 328 g/mol. The van der Waals surface area contributed by atoms with Crippen LogP contribution in [0.4, 0.5) is 5.69 Å². The molecule has 1 aromatic carbocycles. The third-order valence-corrected chi connectivity index (χ3v) is 6.79. The molecule has 0 spiro atoms. The van der Waals surface area contributed by atoms with E-state index in [1.807, 2.05) is 0 Å². The molecule has 0 radical (unpaired) electrons. The highest BCUT2D eigenvalue weighted by atomic mass is 32.2. The number of nitrogens with zero attached hydrogens (tertiary/aromatic N) is 2. The number of hydrogen-bond acceptors (Lipinski definition) is 4. The van der Waals surface area contributed by atoms with Crippen molar-refractivity contribution in [2.24, 2.45) is 0 Å². The minimum atomic E-state index is -3.87. The molecule has 24 heavy (non-hydrogen) atoms. The smallest absolute Gasteiger partial charge is 0.258 e. The third kappa shape index (κ3) is 3.37. The van der Waals surface area contributed by atoms with Gasteiger partial charge in [0.25, 0.3) is 5.69 Å². The van der Waals surface area contributed by atoms with Crippen LogP contribution in [0.15, 0.2) is 40.8 Å². The van der Waals surface area contributed by atoms with Crippen molar-refractivity contribution >= 4 is 15.7 Å². The molecule has 6 nitrogen and oxygen atoms in total. The lowest BCUT2D eigenvalue weighted by Gasteiger charge is -2.23. The van der Waals surface area contributed by atoms with Crippen molar-refractivity contribution in [1.29, 1.82) is 0 Å². The Hall–Kier alpha value is -1.73. The SMILES string of the molecule is O=[N+]([O-])c1ccccc1S(=O)(=O)N1CCCC1C=C1CCCCC1. The molecule has 1 aliphatic carbocycles. The van der Waals surface area contributed by atoms with E-state index in [1.165, 1.54) is 40.6 Å². The topological polar surface area (TPSA) is 80.5 Å². The largest absolute Gasteiger partial charge is 0.289 e. The first-order chi connectivity index (χ1) is 11.5. The molecule has 1 heterocycles. The van der Waals surface area contributed by atoms with Gasteiger partial charge in [-0.3, -0.25) is 10.1 Å². The van der Waals surface area contributed by atoms with E-state index in [9.17, 15) is 18.5 Å². The van der Waals surface area contributed by atoms with Crippen LogP contribution in [0.2, 0.25) is 0 Å². The van der Waals surface area contributed by atoms with Crippen molar-refractivity contribution in [1.82, 2.24) is 4.31 Å². The second-order valence-corrected chi connectivity index (χ2v) is 8.29. The van der Waals surface area contributed by atoms with Gasteiger partial charge in [-0.2, -0.15) is 4.31 Å². The maximum Gasteiger partial charge on any atom is 0.289 e. The van der Waals surface area contributed by atoms with Crippen LogP contribution in [0.1, 0.15) is 44.9 Å². The predicted molar refractivity (Wildman–Crippen MR) is 91.2 cm³/mol. The van der Waals surface area contributed by atoms with Gasteiger partial charge in [-0.1, -0.05) is 30.2 Å². The summed E-state index contributed by atoms with van der Waals surface area (Å²) in [5, 5.41) is 11.2. The van der Waals surface area contributed by atoms with Crippen LogP contribution < -0.4 is 0 Å². The van der Waals surface area contributed by atoms with Crippen LogP contribution in [0.25, 0.3) is 0 Å². The minimum absolute atomic E-state index is 0.178. The Bertz CT molecular complexity index is 750. The molecular formula is C17H22N2O4S. The molecule has 130 valence electrons. The van der Waals surface area contributed by atoms with Gasteiger partial charge in [0.1, 0.15) is 0 Å². The van der Waals surface area contributed by atoms with E-state index in [1.54, 1.807) is 0 Å². The Balaban J connectivity index is 1.93. The predicted octanol–water partition coefficient (Wildman–Crippen LogP) is 3.64. The number of allylic oxidation sites excluding steroid dienone is 1. The zero-order valence-electron chi connectivity index (χ0n) is 13.6. The van der Waals surface area contributed by atoms with Crippen molar-refractivity contribution in [2.75, 3.05) is 6.54 Å². The fourth-order valence-electron chi connectivity index (χ4n) is 3.63. The molecule has 1 saturated heterocycles. The van der Waals surface area contributed by atoms with Crippen LogP contribution in [0.5, 0.6) is 0 Å². The first-order valence-corrected chi connectivity index (χ1v) is 9.89. The molecule has 0 aromatic heterocycles. The van der Waals surface area contributed by atoms with Crippen molar-refractivity contribution in [3.63, 3.8) is 0 Å². The van der Waals surface area contributed by atoms with Crippen molar-refractivity contribution in [3.05, 3.63) is 46.0 Å². The average Bonchev–Trinajstić information content (AvgIpc) is 3.04. The van der Waals surface area contributed by atoms with Gasteiger partial charge in [-0.25, -0.2) is 8.42 Å². The molecule has 3 rings (SSSR count). The lowest BCUT2D eigenvalue weighted by Crippen LogP contribution is -2.35. The summed E-state index contributed by atoms with van der Waals surface area (Å²) in [6, 6.07) is 5.42. The monoisotopic (exact) mass is 350 g/mol. The zero-order valence-corrected chi connectivity index (χ0v) is 14.4. The fraction of sp³-hybridized carbons (Fsp3) is 0.529. The van der Waals surface area contributed by atoms with E-state index < -0.39 is 14.9 Å². The van der Waals surface area contributed by atoms with E-state index in [4.69, 9.17) is 0 Å². The van der Waals surface area contributed by atoms with E-state index in [-0.39, 0.29) is 16.6 Å². The maximum atomic E-state index is 13.0. The van der Waals surface area contributed by atoms with Gasteiger partial charge in [0.15, 0.2) is 4.90 Å². The highest BCUT2D eigenvalue weighted by Crippen LogP contribution is 2.33. The van der Waals surface area contributed by atoms with Crippen LogP contribution in [0.3, 0.4) is 0 Å². The number of benzene rings is 1. The minimum Gasteiger partial charge on any atom is -0.258 e.